The monoisotopic (exact) mass is 238 g/mol. The lowest BCUT2D eigenvalue weighted by Crippen LogP contribution is -2.50. The molecule has 0 radical (unpaired) electrons. The molecule has 17 heavy (non-hydrogen) atoms. The Hall–Kier alpha value is -0.120. The van der Waals surface area contributed by atoms with Crippen molar-refractivity contribution in [1.82, 2.24) is 10.2 Å². The second kappa shape index (κ2) is 4.87. The molecule has 3 nitrogen and oxygen atoms in total. The van der Waals surface area contributed by atoms with Gasteiger partial charge in [0.05, 0.1) is 12.2 Å². The number of nitrogens with zero attached hydrogens (tertiary/aromatic N) is 1. The van der Waals surface area contributed by atoms with Crippen LogP contribution in [0.2, 0.25) is 0 Å². The van der Waals surface area contributed by atoms with E-state index in [1.165, 1.54) is 32.2 Å². The van der Waals surface area contributed by atoms with Crippen LogP contribution in [0.3, 0.4) is 0 Å². The van der Waals surface area contributed by atoms with Gasteiger partial charge in [0.2, 0.25) is 0 Å². The lowest BCUT2D eigenvalue weighted by atomic mass is 10.0. The highest BCUT2D eigenvalue weighted by molar-refractivity contribution is 4.89. The summed E-state index contributed by atoms with van der Waals surface area (Å²) >= 11 is 0. The Morgan fingerprint density at radius 1 is 1.12 bits per heavy atom. The van der Waals surface area contributed by atoms with Crippen molar-refractivity contribution >= 4 is 0 Å². The highest BCUT2D eigenvalue weighted by Gasteiger charge is 2.36. The Bertz CT molecular complexity index is 255. The normalized spacial score (nSPS) is 37.1. The van der Waals surface area contributed by atoms with Crippen LogP contribution in [0.5, 0.6) is 0 Å². The molecule has 3 rings (SSSR count). The van der Waals surface area contributed by atoms with Crippen LogP contribution in [-0.4, -0.2) is 48.8 Å². The second-order valence-corrected chi connectivity index (χ2v) is 6.31. The van der Waals surface area contributed by atoms with Gasteiger partial charge in [-0.05, 0) is 45.1 Å². The van der Waals surface area contributed by atoms with Crippen molar-refractivity contribution in [2.75, 3.05) is 19.6 Å². The quantitative estimate of drug-likeness (QED) is 0.788. The first-order chi connectivity index (χ1) is 8.22. The van der Waals surface area contributed by atoms with E-state index in [0.717, 1.165) is 25.0 Å². The van der Waals surface area contributed by atoms with E-state index in [2.05, 4.69) is 24.1 Å². The highest BCUT2D eigenvalue weighted by Crippen LogP contribution is 2.28. The van der Waals surface area contributed by atoms with Crippen LogP contribution in [0.15, 0.2) is 0 Å². The number of hydrogen-bond donors (Lipinski definition) is 1. The van der Waals surface area contributed by atoms with E-state index in [1.807, 2.05) is 0 Å². The SMILES string of the molecule is CC(CNC1CC1)C(C)N1CC2CCC(C1)O2. The van der Waals surface area contributed by atoms with E-state index in [0.29, 0.717) is 18.2 Å². The summed E-state index contributed by atoms with van der Waals surface area (Å²) in [4.78, 5) is 2.66. The number of likely N-dealkylation sites (tertiary alicyclic amines) is 1. The zero-order valence-corrected chi connectivity index (χ0v) is 11.2. The molecule has 1 aliphatic carbocycles. The molecule has 1 saturated carbocycles. The van der Waals surface area contributed by atoms with Gasteiger partial charge in [0.25, 0.3) is 0 Å². The summed E-state index contributed by atoms with van der Waals surface area (Å²) in [6.07, 6.45) is 6.40. The standard InChI is InChI=1S/C14H26N2O/c1-10(7-15-12-3-4-12)11(2)16-8-13-5-6-14(9-16)17-13/h10-15H,3-9H2,1-2H3. The van der Waals surface area contributed by atoms with Gasteiger partial charge < -0.3 is 10.1 Å². The first kappa shape index (κ1) is 11.9. The second-order valence-electron chi connectivity index (χ2n) is 6.31. The molecule has 0 spiro atoms. The molecule has 3 aliphatic rings. The van der Waals surface area contributed by atoms with Crippen LogP contribution in [0.1, 0.15) is 39.5 Å². The summed E-state index contributed by atoms with van der Waals surface area (Å²) in [5.41, 5.74) is 0. The summed E-state index contributed by atoms with van der Waals surface area (Å²) in [7, 11) is 0. The zero-order valence-electron chi connectivity index (χ0n) is 11.2. The van der Waals surface area contributed by atoms with Crippen molar-refractivity contribution in [2.45, 2.75) is 63.8 Å². The Labute approximate surface area is 105 Å². The predicted octanol–water partition coefficient (Wildman–Crippen LogP) is 1.63. The van der Waals surface area contributed by atoms with Gasteiger partial charge in [-0.15, -0.1) is 0 Å². The zero-order chi connectivity index (χ0) is 11.8. The number of nitrogens with one attached hydrogen (secondary N) is 1. The molecular formula is C14H26N2O. The van der Waals surface area contributed by atoms with E-state index in [9.17, 15) is 0 Å². The number of ether oxygens (including phenoxy) is 1. The molecule has 4 unspecified atom stereocenters. The van der Waals surface area contributed by atoms with Gasteiger partial charge in [-0.2, -0.15) is 0 Å². The molecule has 0 amide bonds. The maximum atomic E-state index is 5.91. The largest absolute Gasteiger partial charge is 0.372 e. The van der Waals surface area contributed by atoms with E-state index >= 15 is 0 Å². The molecule has 1 N–H and O–H groups in total. The highest BCUT2D eigenvalue weighted by atomic mass is 16.5. The summed E-state index contributed by atoms with van der Waals surface area (Å²) in [6.45, 7) is 8.27. The minimum absolute atomic E-state index is 0.528. The van der Waals surface area contributed by atoms with Gasteiger partial charge in [-0.3, -0.25) is 4.90 Å². The molecular weight excluding hydrogens is 212 g/mol. The number of hydrogen-bond acceptors (Lipinski definition) is 3. The Morgan fingerprint density at radius 2 is 1.76 bits per heavy atom. The van der Waals surface area contributed by atoms with E-state index in [-0.39, 0.29) is 0 Å². The minimum atomic E-state index is 0.528. The van der Waals surface area contributed by atoms with Crippen LogP contribution < -0.4 is 5.32 Å². The van der Waals surface area contributed by atoms with Gasteiger partial charge in [0.1, 0.15) is 0 Å². The van der Waals surface area contributed by atoms with E-state index < -0.39 is 0 Å². The summed E-state index contributed by atoms with van der Waals surface area (Å²) in [6, 6.07) is 1.53. The van der Waals surface area contributed by atoms with Gasteiger partial charge in [0.15, 0.2) is 0 Å². The average Bonchev–Trinajstić information content (AvgIpc) is 3.11. The number of fused-ring (bicyclic) bond motifs is 2. The van der Waals surface area contributed by atoms with Crippen molar-refractivity contribution in [3.8, 4) is 0 Å². The van der Waals surface area contributed by atoms with Gasteiger partial charge in [0, 0.05) is 25.2 Å². The molecule has 98 valence electrons. The molecule has 3 heteroatoms. The molecule has 0 aromatic carbocycles. The molecule has 3 fully saturated rings. The fourth-order valence-electron chi connectivity index (χ4n) is 3.15. The first-order valence-electron chi connectivity index (χ1n) is 7.35. The van der Waals surface area contributed by atoms with Crippen LogP contribution in [0.4, 0.5) is 0 Å². The van der Waals surface area contributed by atoms with Crippen molar-refractivity contribution in [3.05, 3.63) is 0 Å². The number of rotatable bonds is 5. The van der Waals surface area contributed by atoms with Crippen molar-refractivity contribution in [2.24, 2.45) is 5.92 Å². The Balaban J connectivity index is 1.48. The summed E-state index contributed by atoms with van der Waals surface area (Å²) < 4.78 is 5.91. The lowest BCUT2D eigenvalue weighted by molar-refractivity contribution is -0.0569. The average molecular weight is 238 g/mol. The molecule has 2 heterocycles. The number of morpholine rings is 1. The van der Waals surface area contributed by atoms with Gasteiger partial charge in [-0.25, -0.2) is 0 Å². The Kier molecular flexibility index (Phi) is 3.42. The smallest absolute Gasteiger partial charge is 0.0707 e. The third-order valence-corrected chi connectivity index (χ3v) is 4.78. The molecule has 4 atom stereocenters. The fraction of sp³-hybridized carbons (Fsp3) is 1.00. The van der Waals surface area contributed by atoms with Crippen LogP contribution in [0, 0.1) is 5.92 Å². The third-order valence-electron chi connectivity index (χ3n) is 4.78. The first-order valence-corrected chi connectivity index (χ1v) is 7.35. The summed E-state index contributed by atoms with van der Waals surface area (Å²) in [5, 5.41) is 3.66. The maximum absolute atomic E-state index is 5.91. The van der Waals surface area contributed by atoms with E-state index in [1.54, 1.807) is 0 Å². The molecule has 2 aliphatic heterocycles. The predicted molar refractivity (Wildman–Crippen MR) is 69.1 cm³/mol. The molecule has 0 aromatic heterocycles. The van der Waals surface area contributed by atoms with Gasteiger partial charge in [-0.1, -0.05) is 6.92 Å². The fourth-order valence-corrected chi connectivity index (χ4v) is 3.15. The Morgan fingerprint density at radius 3 is 2.35 bits per heavy atom. The minimum Gasteiger partial charge on any atom is -0.372 e. The molecule has 2 saturated heterocycles. The lowest BCUT2D eigenvalue weighted by Gasteiger charge is -2.39. The van der Waals surface area contributed by atoms with Crippen molar-refractivity contribution in [3.63, 3.8) is 0 Å². The topological polar surface area (TPSA) is 24.5 Å². The van der Waals surface area contributed by atoms with Crippen molar-refractivity contribution < 1.29 is 4.74 Å². The van der Waals surface area contributed by atoms with Gasteiger partial charge >= 0.3 is 0 Å². The molecule has 0 aromatic rings. The summed E-state index contributed by atoms with van der Waals surface area (Å²) in [5.74, 6) is 0.744. The van der Waals surface area contributed by atoms with E-state index in [4.69, 9.17) is 4.74 Å². The van der Waals surface area contributed by atoms with Crippen LogP contribution in [0.25, 0.3) is 0 Å². The van der Waals surface area contributed by atoms with Crippen molar-refractivity contribution in [1.29, 1.82) is 0 Å². The van der Waals surface area contributed by atoms with Crippen LogP contribution >= 0.6 is 0 Å². The maximum Gasteiger partial charge on any atom is 0.0707 e. The van der Waals surface area contributed by atoms with Crippen LogP contribution in [-0.2, 0) is 4.74 Å². The molecule has 2 bridgehead atoms. The third kappa shape index (κ3) is 2.83.